The van der Waals surface area contributed by atoms with Gasteiger partial charge in [-0.2, -0.15) is 4.99 Å². The highest BCUT2D eigenvalue weighted by molar-refractivity contribution is 8.18. The van der Waals surface area contributed by atoms with E-state index in [0.29, 0.717) is 16.4 Å². The number of fused-ring (bicyclic) bond motifs is 1. The number of carbonyl (C=O) groups excluding carboxylic acids is 1. The number of amidine groups is 1. The van der Waals surface area contributed by atoms with E-state index in [-0.39, 0.29) is 5.91 Å². The summed E-state index contributed by atoms with van der Waals surface area (Å²) in [6.07, 6.45) is 2.80. The lowest BCUT2D eigenvalue weighted by Gasteiger charge is -2.29. The molecular weight excluding hydrogens is 360 g/mol. The van der Waals surface area contributed by atoms with Crippen LogP contribution in [-0.4, -0.2) is 36.7 Å². The van der Waals surface area contributed by atoms with Gasteiger partial charge in [-0.3, -0.25) is 4.79 Å². The number of carbonyl (C=O) groups is 1. The van der Waals surface area contributed by atoms with Gasteiger partial charge in [0.25, 0.3) is 5.91 Å². The molecule has 0 aliphatic carbocycles. The fourth-order valence-corrected chi connectivity index (χ4v) is 4.20. The van der Waals surface area contributed by atoms with Crippen molar-refractivity contribution in [2.75, 3.05) is 20.8 Å². The fraction of sp³-hybridized carbons (Fsp3) is 0.238. The minimum Gasteiger partial charge on any atom is -0.497 e. The molecule has 0 atom stereocenters. The molecule has 0 bridgehead atoms. The number of methoxy groups -OCH3 is 2. The molecule has 2 aliphatic heterocycles. The predicted molar refractivity (Wildman–Crippen MR) is 108 cm³/mol. The van der Waals surface area contributed by atoms with Gasteiger partial charge in [-0.05, 0) is 47.5 Å². The Morgan fingerprint density at radius 3 is 2.70 bits per heavy atom. The lowest BCUT2D eigenvalue weighted by molar-refractivity contribution is -0.113. The average molecular weight is 380 g/mol. The number of rotatable bonds is 3. The number of hydrogen-bond donors (Lipinski definition) is 0. The standard InChI is InChI=1S/C21H20N2O3S/c1-25-17-8-7-15(18(12-17)26-2)11-19-20(24)22-21(27-19)23-10-9-14-5-3-4-6-16(14)13-23/h3-8,11-12H,9-10,13H2,1-2H3/b19-11-. The first-order chi connectivity index (χ1) is 13.2. The Morgan fingerprint density at radius 2 is 1.93 bits per heavy atom. The number of thioether (sulfide) groups is 1. The second-order valence-corrected chi connectivity index (χ2v) is 7.37. The summed E-state index contributed by atoms with van der Waals surface area (Å²) >= 11 is 1.42. The van der Waals surface area contributed by atoms with E-state index < -0.39 is 0 Å². The molecule has 2 aromatic carbocycles. The second kappa shape index (κ2) is 7.48. The lowest BCUT2D eigenvalue weighted by Crippen LogP contribution is -2.33. The molecule has 0 aromatic heterocycles. The number of nitrogens with zero attached hydrogens (tertiary/aromatic N) is 2. The van der Waals surface area contributed by atoms with Crippen molar-refractivity contribution < 1.29 is 14.3 Å². The van der Waals surface area contributed by atoms with Crippen LogP contribution in [0.15, 0.2) is 52.4 Å². The Morgan fingerprint density at radius 1 is 1.11 bits per heavy atom. The fourth-order valence-electron chi connectivity index (χ4n) is 3.27. The van der Waals surface area contributed by atoms with Gasteiger partial charge in [0, 0.05) is 24.7 Å². The van der Waals surface area contributed by atoms with Crippen molar-refractivity contribution in [3.8, 4) is 11.5 Å². The average Bonchev–Trinajstić information content (AvgIpc) is 3.08. The third-order valence-electron chi connectivity index (χ3n) is 4.74. The summed E-state index contributed by atoms with van der Waals surface area (Å²) < 4.78 is 10.6. The Balaban J connectivity index is 1.54. The van der Waals surface area contributed by atoms with Crippen LogP contribution < -0.4 is 9.47 Å². The number of aliphatic imine (C=N–C) groups is 1. The highest BCUT2D eigenvalue weighted by Gasteiger charge is 2.28. The molecule has 0 fully saturated rings. The summed E-state index contributed by atoms with van der Waals surface area (Å²) in [5.74, 6) is 1.17. The van der Waals surface area contributed by atoms with Gasteiger partial charge >= 0.3 is 0 Å². The molecule has 1 amide bonds. The van der Waals surface area contributed by atoms with Crippen molar-refractivity contribution in [2.45, 2.75) is 13.0 Å². The maximum absolute atomic E-state index is 12.4. The summed E-state index contributed by atoms with van der Waals surface area (Å²) in [7, 11) is 3.22. The molecule has 0 saturated carbocycles. The van der Waals surface area contributed by atoms with Gasteiger partial charge in [-0.25, -0.2) is 0 Å². The third kappa shape index (κ3) is 3.57. The van der Waals surface area contributed by atoms with E-state index in [2.05, 4.69) is 34.2 Å². The summed E-state index contributed by atoms with van der Waals surface area (Å²) in [4.78, 5) is 19.5. The molecule has 0 spiro atoms. The Labute approximate surface area is 162 Å². The van der Waals surface area contributed by atoms with Crippen molar-refractivity contribution in [2.24, 2.45) is 4.99 Å². The van der Waals surface area contributed by atoms with Crippen molar-refractivity contribution in [3.05, 3.63) is 64.1 Å². The predicted octanol–water partition coefficient (Wildman–Crippen LogP) is 3.73. The molecule has 6 heteroatoms. The lowest BCUT2D eigenvalue weighted by atomic mass is 10.0. The maximum Gasteiger partial charge on any atom is 0.286 e. The molecule has 0 radical (unpaired) electrons. The smallest absolute Gasteiger partial charge is 0.286 e. The zero-order valence-corrected chi connectivity index (χ0v) is 16.1. The van der Waals surface area contributed by atoms with Crippen LogP contribution in [0, 0.1) is 0 Å². The Hall–Kier alpha value is -2.73. The first-order valence-electron chi connectivity index (χ1n) is 8.74. The van der Waals surface area contributed by atoms with Crippen LogP contribution in [0.2, 0.25) is 0 Å². The number of ether oxygens (including phenoxy) is 2. The second-order valence-electron chi connectivity index (χ2n) is 6.36. The number of hydrogen-bond acceptors (Lipinski definition) is 5. The first-order valence-corrected chi connectivity index (χ1v) is 9.56. The van der Waals surface area contributed by atoms with Gasteiger partial charge in [-0.1, -0.05) is 24.3 Å². The Bertz CT molecular complexity index is 952. The third-order valence-corrected chi connectivity index (χ3v) is 5.78. The van der Waals surface area contributed by atoms with Crippen LogP contribution in [0.1, 0.15) is 16.7 Å². The highest BCUT2D eigenvalue weighted by atomic mass is 32.2. The van der Waals surface area contributed by atoms with Gasteiger partial charge in [-0.15, -0.1) is 0 Å². The van der Waals surface area contributed by atoms with E-state index in [1.54, 1.807) is 20.3 Å². The molecule has 2 heterocycles. The van der Waals surface area contributed by atoms with Gasteiger partial charge in [0.2, 0.25) is 0 Å². The minimum atomic E-state index is -0.202. The van der Waals surface area contributed by atoms with E-state index in [9.17, 15) is 4.79 Å². The topological polar surface area (TPSA) is 51.1 Å². The van der Waals surface area contributed by atoms with E-state index >= 15 is 0 Å². The summed E-state index contributed by atoms with van der Waals surface area (Å²) in [5, 5.41) is 0.772. The SMILES string of the molecule is COc1ccc(/C=C2\SC(N3CCc4ccccc4C3)=NC2=O)c(OC)c1. The van der Waals surface area contributed by atoms with Crippen LogP contribution in [-0.2, 0) is 17.8 Å². The molecule has 2 aliphatic rings. The summed E-state index contributed by atoms with van der Waals surface area (Å²) in [5.41, 5.74) is 3.51. The minimum absolute atomic E-state index is 0.202. The van der Waals surface area contributed by atoms with Crippen LogP contribution >= 0.6 is 11.8 Å². The molecule has 5 nitrogen and oxygen atoms in total. The molecule has 27 heavy (non-hydrogen) atoms. The molecule has 0 unspecified atom stereocenters. The van der Waals surface area contributed by atoms with Gasteiger partial charge in [0.1, 0.15) is 11.5 Å². The van der Waals surface area contributed by atoms with Crippen molar-refractivity contribution in [1.82, 2.24) is 4.90 Å². The van der Waals surface area contributed by atoms with E-state index in [0.717, 1.165) is 30.2 Å². The highest BCUT2D eigenvalue weighted by Crippen LogP contribution is 2.35. The van der Waals surface area contributed by atoms with Crippen LogP contribution in [0.25, 0.3) is 6.08 Å². The number of benzene rings is 2. The van der Waals surface area contributed by atoms with Crippen molar-refractivity contribution in [3.63, 3.8) is 0 Å². The number of amides is 1. The molecule has 0 saturated heterocycles. The van der Waals surface area contributed by atoms with Crippen molar-refractivity contribution in [1.29, 1.82) is 0 Å². The summed E-state index contributed by atoms with van der Waals surface area (Å²) in [6.45, 7) is 1.66. The zero-order chi connectivity index (χ0) is 18.8. The van der Waals surface area contributed by atoms with Gasteiger partial charge in [0.15, 0.2) is 5.17 Å². The Kier molecular flexibility index (Phi) is 4.90. The summed E-state index contributed by atoms with van der Waals surface area (Å²) in [6, 6.07) is 14.0. The molecule has 2 aromatic rings. The van der Waals surface area contributed by atoms with E-state index in [1.165, 1.54) is 22.9 Å². The van der Waals surface area contributed by atoms with E-state index in [1.807, 2.05) is 18.2 Å². The molecular formula is C21H20N2O3S. The van der Waals surface area contributed by atoms with Gasteiger partial charge < -0.3 is 14.4 Å². The van der Waals surface area contributed by atoms with Crippen LogP contribution in [0.3, 0.4) is 0 Å². The molecule has 0 N–H and O–H groups in total. The van der Waals surface area contributed by atoms with Crippen molar-refractivity contribution >= 4 is 28.9 Å². The molecule has 4 rings (SSSR count). The van der Waals surface area contributed by atoms with Crippen LogP contribution in [0.5, 0.6) is 11.5 Å². The molecule has 138 valence electrons. The van der Waals surface area contributed by atoms with Crippen LogP contribution in [0.4, 0.5) is 0 Å². The quantitative estimate of drug-likeness (QED) is 0.760. The largest absolute Gasteiger partial charge is 0.497 e. The monoisotopic (exact) mass is 380 g/mol. The van der Waals surface area contributed by atoms with E-state index in [4.69, 9.17) is 9.47 Å². The normalized spacial score (nSPS) is 17.7. The maximum atomic E-state index is 12.4. The first kappa shape index (κ1) is 17.7. The van der Waals surface area contributed by atoms with Gasteiger partial charge in [0.05, 0.1) is 19.1 Å². The zero-order valence-electron chi connectivity index (χ0n) is 15.3.